The van der Waals surface area contributed by atoms with Gasteiger partial charge in [0, 0.05) is 12.2 Å². The summed E-state index contributed by atoms with van der Waals surface area (Å²) in [6, 6.07) is 15.7. The molecule has 1 aliphatic rings. The fraction of sp³-hybridized carbons (Fsp3) is 0.211. The maximum Gasteiger partial charge on any atom is 0.312 e. The normalized spacial score (nSPS) is 16.6. The quantitative estimate of drug-likeness (QED) is 0.926. The van der Waals surface area contributed by atoms with Crippen LogP contribution < -0.4 is 9.64 Å². The molecule has 2 aromatic rings. The Balaban J connectivity index is 1.84. The van der Waals surface area contributed by atoms with E-state index in [0.717, 1.165) is 0 Å². The molecule has 0 saturated carbocycles. The maximum absolute atomic E-state index is 12.8. The average Bonchev–Trinajstić information content (AvgIpc) is 3.01. The third kappa shape index (κ3) is 3.04. The molecule has 0 spiro atoms. The third-order valence-corrected chi connectivity index (χ3v) is 4.19. The van der Waals surface area contributed by atoms with Crippen molar-refractivity contribution in [3.63, 3.8) is 0 Å². The van der Waals surface area contributed by atoms with Crippen molar-refractivity contribution >= 4 is 17.6 Å². The summed E-state index contributed by atoms with van der Waals surface area (Å²) in [4.78, 5) is 25.7. The number of carboxylic acids is 1. The Morgan fingerprint density at radius 1 is 1.24 bits per heavy atom. The number of ether oxygens (including phenoxy) is 1. The predicted octanol–water partition coefficient (Wildman–Crippen LogP) is 2.54. The molecule has 1 aliphatic heterocycles. The molecule has 0 fully saturated rings. The highest BCUT2D eigenvalue weighted by Crippen LogP contribution is 2.36. The minimum Gasteiger partial charge on any atom is -0.481 e. The number of carbonyl (C=O) groups excluding carboxylic acids is 1. The molecule has 0 radical (unpaired) electrons. The molecule has 1 heterocycles. The van der Waals surface area contributed by atoms with Gasteiger partial charge in [0.25, 0.3) is 5.91 Å². The zero-order valence-corrected chi connectivity index (χ0v) is 13.5. The lowest BCUT2D eigenvalue weighted by molar-refractivity contribution is -0.138. The van der Waals surface area contributed by atoms with Gasteiger partial charge < -0.3 is 14.7 Å². The second-order valence-electron chi connectivity index (χ2n) is 5.77. The number of carbonyl (C=O) groups is 2. The molecule has 0 aliphatic carbocycles. The first kappa shape index (κ1) is 16.5. The van der Waals surface area contributed by atoms with Gasteiger partial charge >= 0.3 is 5.97 Å². The Morgan fingerprint density at radius 3 is 2.64 bits per heavy atom. The standard InChI is InChI=1S/C19H16N2O4/c1-12(25-17-9-5-2-6-13(17)10-20)18(22)21-11-15(19(23)24)14-7-3-4-8-16(14)21/h2-9,12,15H,11H2,1H3,(H,23,24)/t12-,15-/m1/s1. The van der Waals surface area contributed by atoms with Gasteiger partial charge in [-0.25, -0.2) is 0 Å². The molecule has 0 aromatic heterocycles. The third-order valence-electron chi connectivity index (χ3n) is 4.19. The molecule has 0 bridgehead atoms. The van der Waals surface area contributed by atoms with Crippen LogP contribution >= 0.6 is 0 Å². The summed E-state index contributed by atoms with van der Waals surface area (Å²) in [6.07, 6.45) is -0.852. The van der Waals surface area contributed by atoms with E-state index in [-0.39, 0.29) is 12.5 Å². The van der Waals surface area contributed by atoms with E-state index in [2.05, 4.69) is 0 Å². The van der Waals surface area contributed by atoms with Crippen LogP contribution in [0.2, 0.25) is 0 Å². The Labute approximate surface area is 144 Å². The fourth-order valence-electron chi connectivity index (χ4n) is 2.95. The highest BCUT2D eigenvalue weighted by atomic mass is 16.5. The van der Waals surface area contributed by atoms with Crippen LogP contribution in [0.4, 0.5) is 5.69 Å². The first-order valence-electron chi connectivity index (χ1n) is 7.82. The SMILES string of the molecule is C[C@@H](Oc1ccccc1C#N)C(=O)N1C[C@@H](C(=O)O)c2ccccc21. The van der Waals surface area contributed by atoms with E-state index in [1.54, 1.807) is 55.5 Å². The van der Waals surface area contributed by atoms with Gasteiger partial charge in [0.1, 0.15) is 17.7 Å². The molecule has 3 rings (SSSR count). The number of hydrogen-bond donors (Lipinski definition) is 1. The number of nitriles is 1. The van der Waals surface area contributed by atoms with Crippen molar-refractivity contribution in [2.45, 2.75) is 18.9 Å². The fourth-order valence-corrected chi connectivity index (χ4v) is 2.95. The lowest BCUT2D eigenvalue weighted by atomic mass is 10.0. The molecule has 2 atom stereocenters. The predicted molar refractivity (Wildman–Crippen MR) is 90.4 cm³/mol. The van der Waals surface area contributed by atoms with Crippen LogP contribution in [0.1, 0.15) is 24.0 Å². The van der Waals surface area contributed by atoms with Crippen molar-refractivity contribution in [2.75, 3.05) is 11.4 Å². The molecule has 0 saturated heterocycles. The highest BCUT2D eigenvalue weighted by Gasteiger charge is 2.38. The number of hydrogen-bond acceptors (Lipinski definition) is 4. The monoisotopic (exact) mass is 336 g/mol. The minimum atomic E-state index is -0.967. The van der Waals surface area contributed by atoms with E-state index in [1.165, 1.54) is 4.90 Å². The molecule has 6 nitrogen and oxygen atoms in total. The van der Waals surface area contributed by atoms with Crippen LogP contribution in [0.25, 0.3) is 0 Å². The second kappa shape index (κ2) is 6.65. The van der Waals surface area contributed by atoms with Crippen molar-refractivity contribution < 1.29 is 19.4 Å². The Hall–Kier alpha value is -3.33. The molecule has 126 valence electrons. The van der Waals surface area contributed by atoms with Crippen molar-refractivity contribution in [1.29, 1.82) is 5.26 Å². The molecule has 2 aromatic carbocycles. The van der Waals surface area contributed by atoms with Gasteiger partial charge in [0.2, 0.25) is 0 Å². The van der Waals surface area contributed by atoms with Gasteiger partial charge in [-0.1, -0.05) is 30.3 Å². The maximum atomic E-state index is 12.8. The molecule has 0 unspecified atom stereocenters. The zero-order chi connectivity index (χ0) is 18.0. The number of anilines is 1. The number of rotatable bonds is 4. The molecule has 1 amide bonds. The first-order valence-corrected chi connectivity index (χ1v) is 7.82. The van der Waals surface area contributed by atoms with Gasteiger partial charge in [-0.3, -0.25) is 9.59 Å². The summed E-state index contributed by atoms with van der Waals surface area (Å²) in [5.41, 5.74) is 1.55. The molecule has 25 heavy (non-hydrogen) atoms. The molecule has 1 N–H and O–H groups in total. The second-order valence-corrected chi connectivity index (χ2v) is 5.77. The summed E-state index contributed by atoms with van der Waals surface area (Å²) in [6.45, 7) is 1.66. The van der Waals surface area contributed by atoms with Gasteiger partial charge in [-0.15, -0.1) is 0 Å². The van der Waals surface area contributed by atoms with Crippen LogP contribution in [0.15, 0.2) is 48.5 Å². The summed E-state index contributed by atoms with van der Waals surface area (Å²) in [5.74, 6) is -1.73. The van der Waals surface area contributed by atoms with Gasteiger partial charge in [-0.2, -0.15) is 5.26 Å². The van der Waals surface area contributed by atoms with Crippen LogP contribution in [-0.2, 0) is 9.59 Å². The summed E-state index contributed by atoms with van der Waals surface area (Å²) in [5, 5.41) is 18.5. The molecular weight excluding hydrogens is 320 g/mol. The lowest BCUT2D eigenvalue weighted by Gasteiger charge is -2.22. The van der Waals surface area contributed by atoms with Crippen LogP contribution in [-0.4, -0.2) is 29.6 Å². The van der Waals surface area contributed by atoms with Crippen molar-refractivity contribution in [3.8, 4) is 11.8 Å². The zero-order valence-electron chi connectivity index (χ0n) is 13.5. The topological polar surface area (TPSA) is 90.6 Å². The Kier molecular flexibility index (Phi) is 4.40. The Morgan fingerprint density at radius 2 is 1.92 bits per heavy atom. The van der Waals surface area contributed by atoms with E-state index in [0.29, 0.717) is 22.6 Å². The van der Waals surface area contributed by atoms with Crippen LogP contribution in [0.5, 0.6) is 5.75 Å². The van der Waals surface area contributed by atoms with Crippen LogP contribution in [0.3, 0.4) is 0 Å². The molecule has 6 heteroatoms. The lowest BCUT2D eigenvalue weighted by Crippen LogP contribution is -2.40. The number of nitrogens with zero attached hydrogens (tertiary/aromatic N) is 2. The van der Waals surface area contributed by atoms with Crippen molar-refractivity contribution in [1.82, 2.24) is 0 Å². The number of carboxylic acid groups (broad SMARTS) is 1. The summed E-state index contributed by atoms with van der Waals surface area (Å²) in [7, 11) is 0. The summed E-state index contributed by atoms with van der Waals surface area (Å²) >= 11 is 0. The highest BCUT2D eigenvalue weighted by molar-refractivity contribution is 6.01. The number of fused-ring (bicyclic) bond motifs is 1. The summed E-state index contributed by atoms with van der Waals surface area (Å²) < 4.78 is 5.66. The van der Waals surface area contributed by atoms with Crippen LogP contribution in [0, 0.1) is 11.3 Å². The van der Waals surface area contributed by atoms with Gasteiger partial charge in [0.05, 0.1) is 5.56 Å². The van der Waals surface area contributed by atoms with Crippen molar-refractivity contribution in [3.05, 3.63) is 59.7 Å². The van der Waals surface area contributed by atoms with E-state index in [4.69, 9.17) is 10.00 Å². The van der Waals surface area contributed by atoms with Crippen molar-refractivity contribution in [2.24, 2.45) is 0 Å². The van der Waals surface area contributed by atoms with E-state index < -0.39 is 18.0 Å². The Bertz CT molecular complexity index is 872. The van der Waals surface area contributed by atoms with Gasteiger partial charge in [0.15, 0.2) is 6.10 Å². The number of aliphatic carboxylic acids is 1. The minimum absolute atomic E-state index is 0.0705. The number of amides is 1. The largest absolute Gasteiger partial charge is 0.481 e. The average molecular weight is 336 g/mol. The first-order chi connectivity index (χ1) is 12.0. The van der Waals surface area contributed by atoms with Gasteiger partial charge in [-0.05, 0) is 30.7 Å². The van der Waals surface area contributed by atoms with E-state index >= 15 is 0 Å². The number of benzene rings is 2. The van der Waals surface area contributed by atoms with E-state index in [9.17, 15) is 14.7 Å². The number of para-hydroxylation sites is 2. The smallest absolute Gasteiger partial charge is 0.312 e. The van der Waals surface area contributed by atoms with E-state index in [1.807, 2.05) is 6.07 Å². The molecular formula is C19H16N2O4.